The number of fused-ring (bicyclic) bond motifs is 5. The van der Waals surface area contributed by atoms with Gasteiger partial charge in [-0.3, -0.25) is 9.59 Å². The van der Waals surface area contributed by atoms with Gasteiger partial charge in [0.05, 0.1) is 24.6 Å². The Morgan fingerprint density at radius 3 is 2.29 bits per heavy atom. The Morgan fingerprint density at radius 2 is 1.71 bits per heavy atom. The molecule has 108 valence electrons. The molecule has 4 nitrogen and oxygen atoms in total. The first kappa shape index (κ1) is 12.6. The minimum Gasteiger partial charge on any atom is -0.496 e. The zero-order valence-corrected chi connectivity index (χ0v) is 12.1. The molecule has 4 unspecified atom stereocenters. The number of imide groups is 1. The SMILES string of the molecule is COc1cc(N2C(=O)C3C4C=CC(C4)C3C2=O)ccc1C. The topological polar surface area (TPSA) is 46.6 Å². The van der Waals surface area contributed by atoms with Gasteiger partial charge < -0.3 is 4.74 Å². The molecule has 4 rings (SSSR count). The van der Waals surface area contributed by atoms with Gasteiger partial charge in [-0.05, 0) is 36.8 Å². The minimum atomic E-state index is -0.153. The van der Waals surface area contributed by atoms with Crippen molar-refractivity contribution in [2.75, 3.05) is 12.0 Å². The number of aryl methyl sites for hydroxylation is 1. The minimum absolute atomic E-state index is 0.0484. The van der Waals surface area contributed by atoms with E-state index in [1.54, 1.807) is 13.2 Å². The summed E-state index contributed by atoms with van der Waals surface area (Å²) in [6, 6.07) is 5.49. The lowest BCUT2D eigenvalue weighted by molar-refractivity contribution is -0.123. The highest BCUT2D eigenvalue weighted by molar-refractivity contribution is 6.22. The third-order valence-electron chi connectivity index (χ3n) is 5.12. The molecule has 2 bridgehead atoms. The fraction of sp³-hybridized carbons (Fsp3) is 0.412. The van der Waals surface area contributed by atoms with E-state index in [0.29, 0.717) is 11.4 Å². The van der Waals surface area contributed by atoms with Crippen LogP contribution >= 0.6 is 0 Å². The Balaban J connectivity index is 1.74. The Morgan fingerprint density at radius 1 is 1.10 bits per heavy atom. The lowest BCUT2D eigenvalue weighted by Gasteiger charge is -2.18. The lowest BCUT2D eigenvalue weighted by atomic mass is 9.85. The van der Waals surface area contributed by atoms with Crippen LogP contribution in [-0.2, 0) is 9.59 Å². The summed E-state index contributed by atoms with van der Waals surface area (Å²) in [6.45, 7) is 1.94. The molecule has 0 spiro atoms. The molecule has 1 aromatic carbocycles. The smallest absolute Gasteiger partial charge is 0.238 e. The van der Waals surface area contributed by atoms with Crippen molar-refractivity contribution in [2.45, 2.75) is 13.3 Å². The second kappa shape index (κ2) is 4.20. The van der Waals surface area contributed by atoms with Gasteiger partial charge >= 0.3 is 0 Å². The van der Waals surface area contributed by atoms with Crippen LogP contribution < -0.4 is 9.64 Å². The second-order valence-electron chi connectivity index (χ2n) is 6.17. The summed E-state index contributed by atoms with van der Waals surface area (Å²) in [6.07, 6.45) is 5.17. The molecule has 2 fully saturated rings. The molecule has 1 saturated heterocycles. The molecule has 4 heteroatoms. The van der Waals surface area contributed by atoms with Gasteiger partial charge in [0.15, 0.2) is 0 Å². The molecule has 1 aliphatic heterocycles. The Labute approximate surface area is 123 Å². The van der Waals surface area contributed by atoms with Gasteiger partial charge in [-0.15, -0.1) is 0 Å². The molecule has 0 aromatic heterocycles. The zero-order valence-electron chi connectivity index (χ0n) is 12.1. The quantitative estimate of drug-likeness (QED) is 0.618. The molecule has 1 heterocycles. The standard InChI is InChI=1S/C17H17NO3/c1-9-3-6-12(8-13(9)21-2)18-16(19)14-10-4-5-11(7-10)15(14)17(18)20/h3-6,8,10-11,14-15H,7H2,1-2H3. The van der Waals surface area contributed by atoms with E-state index in [4.69, 9.17) is 4.74 Å². The van der Waals surface area contributed by atoms with Gasteiger partial charge in [0.2, 0.25) is 11.8 Å². The summed E-state index contributed by atoms with van der Waals surface area (Å²) in [5.41, 5.74) is 1.61. The van der Waals surface area contributed by atoms with Gasteiger partial charge in [-0.1, -0.05) is 18.2 Å². The van der Waals surface area contributed by atoms with Crippen molar-refractivity contribution in [2.24, 2.45) is 23.7 Å². The van der Waals surface area contributed by atoms with E-state index in [1.165, 1.54) is 4.90 Å². The van der Waals surface area contributed by atoms with Crippen molar-refractivity contribution < 1.29 is 14.3 Å². The molecule has 2 amide bonds. The van der Waals surface area contributed by atoms with E-state index < -0.39 is 0 Å². The first-order valence-corrected chi connectivity index (χ1v) is 7.32. The number of nitrogens with zero attached hydrogens (tertiary/aromatic N) is 1. The molecule has 0 N–H and O–H groups in total. The Hall–Kier alpha value is -2.10. The van der Waals surface area contributed by atoms with Crippen LogP contribution in [0.4, 0.5) is 5.69 Å². The first-order chi connectivity index (χ1) is 10.1. The van der Waals surface area contributed by atoms with E-state index >= 15 is 0 Å². The van der Waals surface area contributed by atoms with E-state index in [2.05, 4.69) is 12.2 Å². The summed E-state index contributed by atoms with van der Waals surface area (Å²) < 4.78 is 5.30. The highest BCUT2D eigenvalue weighted by Crippen LogP contribution is 2.53. The van der Waals surface area contributed by atoms with E-state index in [0.717, 1.165) is 12.0 Å². The monoisotopic (exact) mass is 283 g/mol. The normalized spacial score (nSPS) is 33.0. The Bertz CT molecular complexity index is 649. The molecule has 1 saturated carbocycles. The number of rotatable bonds is 2. The number of ether oxygens (including phenoxy) is 1. The maximum Gasteiger partial charge on any atom is 0.238 e. The van der Waals surface area contributed by atoms with Crippen LogP contribution in [0.1, 0.15) is 12.0 Å². The number of benzene rings is 1. The molecular weight excluding hydrogens is 266 g/mol. The maximum atomic E-state index is 12.7. The predicted molar refractivity (Wildman–Crippen MR) is 77.9 cm³/mol. The number of carbonyl (C=O) groups excluding carboxylic acids is 2. The number of methoxy groups -OCH3 is 1. The number of carbonyl (C=O) groups is 2. The summed E-state index contributed by atoms with van der Waals surface area (Å²) >= 11 is 0. The third-order valence-corrected chi connectivity index (χ3v) is 5.12. The van der Waals surface area contributed by atoms with Crippen molar-refractivity contribution in [3.63, 3.8) is 0 Å². The molecule has 3 aliphatic rings. The number of amides is 2. The number of hydrogen-bond donors (Lipinski definition) is 0. The fourth-order valence-corrected chi connectivity index (χ4v) is 4.10. The van der Waals surface area contributed by atoms with E-state index in [1.807, 2.05) is 19.1 Å². The van der Waals surface area contributed by atoms with Crippen LogP contribution in [-0.4, -0.2) is 18.9 Å². The van der Waals surface area contributed by atoms with Crippen molar-refractivity contribution in [3.8, 4) is 5.75 Å². The van der Waals surface area contributed by atoms with Crippen LogP contribution in [0.5, 0.6) is 5.75 Å². The van der Waals surface area contributed by atoms with E-state index in [9.17, 15) is 9.59 Å². The van der Waals surface area contributed by atoms with Crippen LogP contribution in [0.2, 0.25) is 0 Å². The van der Waals surface area contributed by atoms with Gasteiger partial charge in [0.25, 0.3) is 0 Å². The van der Waals surface area contributed by atoms with Crippen LogP contribution in [0.25, 0.3) is 0 Å². The summed E-state index contributed by atoms with van der Waals surface area (Å²) in [7, 11) is 1.60. The summed E-state index contributed by atoms with van der Waals surface area (Å²) in [5.74, 6) is 0.786. The molecule has 4 atom stereocenters. The largest absolute Gasteiger partial charge is 0.496 e. The highest BCUT2D eigenvalue weighted by atomic mass is 16.5. The molecule has 0 radical (unpaired) electrons. The van der Waals surface area contributed by atoms with E-state index in [-0.39, 0.29) is 35.5 Å². The van der Waals surface area contributed by atoms with Gasteiger partial charge in [0, 0.05) is 6.07 Å². The zero-order chi connectivity index (χ0) is 14.7. The highest BCUT2D eigenvalue weighted by Gasteiger charge is 2.59. The predicted octanol–water partition coefficient (Wildman–Crippen LogP) is 2.32. The molecule has 1 aromatic rings. The average Bonchev–Trinajstić information content (AvgIpc) is 3.14. The Kier molecular flexibility index (Phi) is 2.52. The fourth-order valence-electron chi connectivity index (χ4n) is 4.10. The van der Waals surface area contributed by atoms with Crippen molar-refractivity contribution in [1.29, 1.82) is 0 Å². The van der Waals surface area contributed by atoms with Crippen LogP contribution in [0, 0.1) is 30.6 Å². The van der Waals surface area contributed by atoms with Crippen molar-refractivity contribution in [3.05, 3.63) is 35.9 Å². The number of anilines is 1. The number of allylic oxidation sites excluding steroid dienone is 2. The molecule has 2 aliphatic carbocycles. The first-order valence-electron chi connectivity index (χ1n) is 7.32. The second-order valence-corrected chi connectivity index (χ2v) is 6.17. The average molecular weight is 283 g/mol. The van der Waals surface area contributed by atoms with Crippen LogP contribution in [0.15, 0.2) is 30.4 Å². The van der Waals surface area contributed by atoms with Gasteiger partial charge in [-0.2, -0.15) is 0 Å². The van der Waals surface area contributed by atoms with Crippen LogP contribution in [0.3, 0.4) is 0 Å². The van der Waals surface area contributed by atoms with Crippen molar-refractivity contribution in [1.82, 2.24) is 0 Å². The summed E-state index contributed by atoms with van der Waals surface area (Å²) in [4.78, 5) is 26.8. The van der Waals surface area contributed by atoms with Gasteiger partial charge in [-0.25, -0.2) is 4.90 Å². The van der Waals surface area contributed by atoms with Gasteiger partial charge in [0.1, 0.15) is 5.75 Å². The number of hydrogen-bond acceptors (Lipinski definition) is 3. The third kappa shape index (κ3) is 1.56. The molecule has 21 heavy (non-hydrogen) atoms. The maximum absolute atomic E-state index is 12.7. The lowest BCUT2D eigenvalue weighted by Crippen LogP contribution is -2.32. The summed E-state index contributed by atoms with van der Waals surface area (Å²) in [5, 5.41) is 0. The molecular formula is C17H17NO3. The van der Waals surface area contributed by atoms with Crippen molar-refractivity contribution >= 4 is 17.5 Å².